The Morgan fingerprint density at radius 2 is 2.18 bits per heavy atom. The van der Waals surface area contributed by atoms with Gasteiger partial charge < -0.3 is 10.1 Å². The van der Waals surface area contributed by atoms with Gasteiger partial charge >= 0.3 is 5.97 Å². The van der Waals surface area contributed by atoms with Crippen molar-refractivity contribution in [3.8, 4) is 0 Å². The maximum atomic E-state index is 10.5. The Hall–Kier alpha value is -1.32. The fourth-order valence-corrected chi connectivity index (χ4v) is 2.60. The molecule has 1 aromatic rings. The number of hydrogen-bond donors (Lipinski definition) is 2. The molecular weight excluding hydrogens is 216 g/mol. The van der Waals surface area contributed by atoms with Gasteiger partial charge in [0, 0.05) is 17.3 Å². The highest BCUT2D eigenvalue weighted by Gasteiger charge is 2.31. The number of rotatable bonds is 4. The first-order chi connectivity index (χ1) is 8.10. The molecule has 0 aliphatic heterocycles. The Labute approximate surface area is 101 Å². The molecule has 0 unspecified atom stereocenters. The molecule has 94 valence electrons. The van der Waals surface area contributed by atoms with Gasteiger partial charge in [0.2, 0.25) is 0 Å². The van der Waals surface area contributed by atoms with E-state index in [4.69, 9.17) is 5.11 Å². The molecule has 1 aromatic heterocycles. The van der Waals surface area contributed by atoms with E-state index in [-0.39, 0.29) is 11.8 Å². The second-order valence-electron chi connectivity index (χ2n) is 5.27. The van der Waals surface area contributed by atoms with Crippen molar-refractivity contribution in [1.29, 1.82) is 0 Å². The molecule has 4 heteroatoms. The monoisotopic (exact) mass is 236 g/mol. The summed E-state index contributed by atoms with van der Waals surface area (Å²) in [5.41, 5.74) is 1.11. The smallest absolute Gasteiger partial charge is 0.303 e. The molecule has 0 amide bonds. The lowest BCUT2D eigenvalue weighted by molar-refractivity contribution is -0.136. The number of carboxylic acid groups (broad SMARTS) is 1. The number of aryl methyl sites for hydroxylation is 1. The number of nitrogens with one attached hydrogen (secondary N) is 1. The normalized spacial score (nSPS) is 19.1. The van der Waals surface area contributed by atoms with Gasteiger partial charge in [-0.25, -0.2) is 4.98 Å². The summed E-state index contributed by atoms with van der Waals surface area (Å²) in [6.45, 7) is 2.26. The van der Waals surface area contributed by atoms with Crippen molar-refractivity contribution in [2.75, 3.05) is 0 Å². The molecule has 4 nitrogen and oxygen atoms in total. The Morgan fingerprint density at radius 3 is 2.82 bits per heavy atom. The highest BCUT2D eigenvalue weighted by atomic mass is 16.4. The fourth-order valence-electron chi connectivity index (χ4n) is 2.60. The number of aromatic amines is 1. The number of hydrogen-bond acceptors (Lipinski definition) is 2. The Balaban J connectivity index is 2.03. The topological polar surface area (TPSA) is 66.0 Å². The molecule has 0 bridgehead atoms. The Kier molecular flexibility index (Phi) is 3.50. The van der Waals surface area contributed by atoms with Crippen LogP contribution in [-0.4, -0.2) is 21.0 Å². The quantitative estimate of drug-likeness (QED) is 0.844. The Morgan fingerprint density at radius 1 is 1.47 bits per heavy atom. The summed E-state index contributed by atoms with van der Waals surface area (Å²) in [5.74, 6) is 0.280. The van der Waals surface area contributed by atoms with Gasteiger partial charge in [-0.3, -0.25) is 4.79 Å². The van der Waals surface area contributed by atoms with E-state index in [0.29, 0.717) is 6.42 Å². The second-order valence-corrected chi connectivity index (χ2v) is 5.27. The Bertz CT molecular complexity index is 392. The molecule has 1 heterocycles. The molecule has 2 rings (SSSR count). The van der Waals surface area contributed by atoms with Crippen LogP contribution in [0.1, 0.15) is 57.0 Å². The molecule has 0 saturated heterocycles. The molecule has 2 N–H and O–H groups in total. The van der Waals surface area contributed by atoms with Gasteiger partial charge in [-0.1, -0.05) is 26.2 Å². The number of nitrogens with zero attached hydrogens (tertiary/aromatic N) is 1. The van der Waals surface area contributed by atoms with E-state index in [0.717, 1.165) is 11.5 Å². The number of H-pyrrole nitrogens is 1. The minimum absolute atomic E-state index is 0.165. The molecule has 1 aliphatic rings. The minimum atomic E-state index is -0.759. The summed E-state index contributed by atoms with van der Waals surface area (Å²) in [5, 5.41) is 8.65. The highest BCUT2D eigenvalue weighted by Crippen LogP contribution is 2.37. The first-order valence-electron chi connectivity index (χ1n) is 6.36. The van der Waals surface area contributed by atoms with Crippen LogP contribution in [0.3, 0.4) is 0 Å². The lowest BCUT2D eigenvalue weighted by Gasteiger charge is -2.31. The third-order valence-electron chi connectivity index (χ3n) is 3.77. The fraction of sp³-hybridized carbons (Fsp3) is 0.692. The van der Waals surface area contributed by atoms with Crippen molar-refractivity contribution in [2.24, 2.45) is 0 Å². The molecule has 17 heavy (non-hydrogen) atoms. The summed E-state index contributed by atoms with van der Waals surface area (Å²) in [6, 6.07) is 0. The van der Waals surface area contributed by atoms with Crippen molar-refractivity contribution < 1.29 is 9.90 Å². The second kappa shape index (κ2) is 4.90. The lowest BCUT2D eigenvalue weighted by Crippen LogP contribution is -2.26. The van der Waals surface area contributed by atoms with E-state index >= 15 is 0 Å². The van der Waals surface area contributed by atoms with Crippen LogP contribution in [0.5, 0.6) is 0 Å². The molecule has 0 spiro atoms. The van der Waals surface area contributed by atoms with Crippen LogP contribution in [0.25, 0.3) is 0 Å². The molecule has 0 atom stereocenters. The van der Waals surface area contributed by atoms with Gasteiger partial charge in [-0.2, -0.15) is 0 Å². The largest absolute Gasteiger partial charge is 0.481 e. The molecule has 0 radical (unpaired) electrons. The molecule has 0 aromatic carbocycles. The van der Waals surface area contributed by atoms with Crippen molar-refractivity contribution in [3.05, 3.63) is 17.7 Å². The average molecular weight is 236 g/mol. The predicted octanol–water partition coefficient (Wildman–Crippen LogP) is 2.65. The molecule has 1 fully saturated rings. The van der Waals surface area contributed by atoms with Crippen LogP contribution in [0, 0.1) is 0 Å². The van der Waals surface area contributed by atoms with Crippen LogP contribution < -0.4 is 0 Å². The molecular formula is C13H20N2O2. The van der Waals surface area contributed by atoms with Gasteiger partial charge in [-0.05, 0) is 19.3 Å². The van der Waals surface area contributed by atoms with E-state index in [1.807, 2.05) is 0 Å². The van der Waals surface area contributed by atoms with E-state index < -0.39 is 5.97 Å². The van der Waals surface area contributed by atoms with Gasteiger partial charge in [0.15, 0.2) is 0 Å². The summed E-state index contributed by atoms with van der Waals surface area (Å²) < 4.78 is 0. The standard InChI is InChI=1S/C13H20N2O2/c1-13(7-3-2-4-8-13)12-14-9-10(15-12)5-6-11(16)17/h9H,2-8H2,1H3,(H,14,15)(H,16,17). The SMILES string of the molecule is CC1(c2ncc(CCC(=O)O)[nH]2)CCCCC1. The van der Waals surface area contributed by atoms with Crippen molar-refractivity contribution in [1.82, 2.24) is 9.97 Å². The third-order valence-corrected chi connectivity index (χ3v) is 3.77. The highest BCUT2D eigenvalue weighted by molar-refractivity contribution is 5.66. The number of carboxylic acids is 1. The van der Waals surface area contributed by atoms with E-state index in [1.54, 1.807) is 6.20 Å². The zero-order valence-corrected chi connectivity index (χ0v) is 10.3. The molecule has 1 saturated carbocycles. The van der Waals surface area contributed by atoms with Gasteiger partial charge in [0.1, 0.15) is 5.82 Å². The zero-order chi connectivity index (χ0) is 12.3. The van der Waals surface area contributed by atoms with E-state index in [9.17, 15) is 4.79 Å². The van der Waals surface area contributed by atoms with Crippen LogP contribution in [0.15, 0.2) is 6.20 Å². The van der Waals surface area contributed by atoms with Crippen molar-refractivity contribution in [2.45, 2.75) is 57.3 Å². The van der Waals surface area contributed by atoms with E-state index in [2.05, 4.69) is 16.9 Å². The number of aromatic nitrogens is 2. The maximum Gasteiger partial charge on any atom is 0.303 e. The van der Waals surface area contributed by atoms with Gasteiger partial charge in [0.25, 0.3) is 0 Å². The van der Waals surface area contributed by atoms with Gasteiger partial charge in [0.05, 0.1) is 6.42 Å². The predicted molar refractivity (Wildman–Crippen MR) is 65.0 cm³/mol. The summed E-state index contributed by atoms with van der Waals surface area (Å²) in [4.78, 5) is 18.3. The van der Waals surface area contributed by atoms with Crippen molar-refractivity contribution in [3.63, 3.8) is 0 Å². The minimum Gasteiger partial charge on any atom is -0.481 e. The number of aliphatic carboxylic acids is 1. The van der Waals surface area contributed by atoms with Crippen LogP contribution >= 0.6 is 0 Å². The summed E-state index contributed by atoms with van der Waals surface area (Å²) >= 11 is 0. The number of imidazole rings is 1. The van der Waals surface area contributed by atoms with Crippen LogP contribution in [0.2, 0.25) is 0 Å². The molecule has 1 aliphatic carbocycles. The maximum absolute atomic E-state index is 10.5. The van der Waals surface area contributed by atoms with Crippen LogP contribution in [0.4, 0.5) is 0 Å². The lowest BCUT2D eigenvalue weighted by atomic mass is 9.75. The van der Waals surface area contributed by atoms with E-state index in [1.165, 1.54) is 32.1 Å². The first kappa shape index (κ1) is 12.1. The van der Waals surface area contributed by atoms with Crippen molar-refractivity contribution >= 4 is 5.97 Å². The summed E-state index contributed by atoms with van der Waals surface area (Å²) in [7, 11) is 0. The average Bonchev–Trinajstić information content (AvgIpc) is 2.76. The summed E-state index contributed by atoms with van der Waals surface area (Å²) in [6.07, 6.45) is 8.71. The number of carbonyl (C=O) groups is 1. The zero-order valence-electron chi connectivity index (χ0n) is 10.3. The third kappa shape index (κ3) is 2.87. The van der Waals surface area contributed by atoms with Crippen LogP contribution in [-0.2, 0) is 16.6 Å². The van der Waals surface area contributed by atoms with Gasteiger partial charge in [-0.15, -0.1) is 0 Å². The first-order valence-corrected chi connectivity index (χ1v) is 6.36.